The van der Waals surface area contributed by atoms with Gasteiger partial charge in [-0.2, -0.15) is 10.2 Å². The topological polar surface area (TPSA) is 95.1 Å². The molecule has 3 heterocycles. The second-order valence-corrected chi connectivity index (χ2v) is 8.90. The third-order valence-electron chi connectivity index (χ3n) is 5.85. The second kappa shape index (κ2) is 10.8. The fraction of sp³-hybridized carbons (Fsp3) is 0.333. The molecule has 3 aromatic rings. The fourth-order valence-corrected chi connectivity index (χ4v) is 4.01. The van der Waals surface area contributed by atoms with Gasteiger partial charge >= 0.3 is 6.03 Å². The summed E-state index contributed by atoms with van der Waals surface area (Å²) in [6, 6.07) is 9.07. The first-order valence-corrected chi connectivity index (χ1v) is 11.5. The van der Waals surface area contributed by atoms with E-state index in [9.17, 15) is 9.18 Å². The lowest BCUT2D eigenvalue weighted by Crippen LogP contribution is -2.38. The summed E-state index contributed by atoms with van der Waals surface area (Å²) < 4.78 is 13.7. The summed E-state index contributed by atoms with van der Waals surface area (Å²) in [6.45, 7) is 4.56. The van der Waals surface area contributed by atoms with E-state index in [1.807, 2.05) is 6.92 Å². The molecule has 2 amide bonds. The van der Waals surface area contributed by atoms with Crippen molar-refractivity contribution in [1.29, 1.82) is 0 Å². The fourth-order valence-electron chi connectivity index (χ4n) is 3.80. The van der Waals surface area contributed by atoms with Gasteiger partial charge in [0.1, 0.15) is 11.6 Å². The Bertz CT molecular complexity index is 1170. The Labute approximate surface area is 202 Å². The van der Waals surface area contributed by atoms with Crippen LogP contribution in [0, 0.1) is 18.7 Å². The van der Waals surface area contributed by atoms with Crippen LogP contribution in [0.4, 0.5) is 26.4 Å². The van der Waals surface area contributed by atoms with E-state index in [0.717, 1.165) is 25.9 Å². The number of halogens is 2. The van der Waals surface area contributed by atoms with E-state index in [0.29, 0.717) is 51.6 Å². The number of anilines is 3. The van der Waals surface area contributed by atoms with Crippen molar-refractivity contribution in [2.24, 2.45) is 5.92 Å². The Hall–Kier alpha value is -3.30. The molecular formula is C24H27ClFN7O. The summed E-state index contributed by atoms with van der Waals surface area (Å²) in [7, 11) is 2.12. The molecule has 0 radical (unpaired) electrons. The molecule has 1 aliphatic rings. The highest BCUT2D eigenvalue weighted by Crippen LogP contribution is 2.30. The third-order valence-corrected chi connectivity index (χ3v) is 6.18. The van der Waals surface area contributed by atoms with Gasteiger partial charge in [0.15, 0.2) is 0 Å². The first kappa shape index (κ1) is 23.8. The van der Waals surface area contributed by atoms with E-state index in [2.05, 4.69) is 43.1 Å². The van der Waals surface area contributed by atoms with Crippen LogP contribution in [0.3, 0.4) is 0 Å². The van der Waals surface area contributed by atoms with Crippen LogP contribution in [0.5, 0.6) is 0 Å². The molecule has 2 aromatic heterocycles. The number of carbonyl (C=O) groups excluding carboxylic acids is 1. The molecule has 8 nitrogen and oxygen atoms in total. The zero-order chi connectivity index (χ0) is 24.1. The Kier molecular flexibility index (Phi) is 7.54. The van der Waals surface area contributed by atoms with Crippen molar-refractivity contribution < 1.29 is 9.18 Å². The highest BCUT2D eigenvalue weighted by Gasteiger charge is 2.17. The van der Waals surface area contributed by atoms with Crippen LogP contribution < -0.4 is 16.0 Å². The number of hydrogen-bond acceptors (Lipinski definition) is 6. The Morgan fingerprint density at radius 1 is 1.18 bits per heavy atom. The van der Waals surface area contributed by atoms with Crippen LogP contribution in [-0.2, 0) is 0 Å². The molecule has 4 rings (SSSR count). The summed E-state index contributed by atoms with van der Waals surface area (Å²) in [5.74, 6) is 0.500. The smallest absolute Gasteiger partial charge is 0.320 e. The number of amides is 2. The molecular weight excluding hydrogens is 457 g/mol. The van der Waals surface area contributed by atoms with Crippen molar-refractivity contribution in [1.82, 2.24) is 25.4 Å². The van der Waals surface area contributed by atoms with Gasteiger partial charge in [-0.1, -0.05) is 11.6 Å². The van der Waals surface area contributed by atoms with Crippen molar-refractivity contribution in [2.75, 3.05) is 37.3 Å². The SMILES string of the molecule is Cc1nnc(-c2cc(F)ccc2Cl)cc1Nc1ccnc(NC(=O)NCC2CCN(C)CC2)c1. The first-order chi connectivity index (χ1) is 16.4. The molecule has 0 saturated carbocycles. The van der Waals surface area contributed by atoms with Crippen LogP contribution in [0.1, 0.15) is 18.5 Å². The summed E-state index contributed by atoms with van der Waals surface area (Å²) in [5, 5.41) is 17.7. The minimum absolute atomic E-state index is 0.284. The van der Waals surface area contributed by atoms with E-state index in [4.69, 9.17) is 11.6 Å². The lowest BCUT2D eigenvalue weighted by atomic mass is 9.97. The van der Waals surface area contributed by atoms with E-state index in [1.54, 1.807) is 24.4 Å². The second-order valence-electron chi connectivity index (χ2n) is 8.49. The normalized spacial score (nSPS) is 14.6. The number of urea groups is 1. The molecule has 0 unspecified atom stereocenters. The quantitative estimate of drug-likeness (QED) is 0.464. The molecule has 0 spiro atoms. The number of rotatable bonds is 6. The van der Waals surface area contributed by atoms with Gasteiger partial charge in [0.05, 0.1) is 22.1 Å². The van der Waals surface area contributed by atoms with Gasteiger partial charge in [0.25, 0.3) is 0 Å². The number of benzene rings is 1. The Balaban J connectivity index is 1.41. The third kappa shape index (κ3) is 6.18. The van der Waals surface area contributed by atoms with Gasteiger partial charge in [0.2, 0.25) is 0 Å². The molecule has 1 fully saturated rings. The number of nitrogens with zero attached hydrogens (tertiary/aromatic N) is 4. The highest BCUT2D eigenvalue weighted by atomic mass is 35.5. The lowest BCUT2D eigenvalue weighted by molar-refractivity contribution is 0.213. The largest absolute Gasteiger partial charge is 0.354 e. The molecule has 0 aliphatic carbocycles. The van der Waals surface area contributed by atoms with Gasteiger partial charge < -0.3 is 15.5 Å². The average molecular weight is 484 g/mol. The summed E-state index contributed by atoms with van der Waals surface area (Å²) >= 11 is 6.22. The van der Waals surface area contributed by atoms with E-state index >= 15 is 0 Å². The van der Waals surface area contributed by atoms with Gasteiger partial charge in [-0.25, -0.2) is 14.2 Å². The Morgan fingerprint density at radius 2 is 1.97 bits per heavy atom. The first-order valence-electron chi connectivity index (χ1n) is 11.1. The zero-order valence-corrected chi connectivity index (χ0v) is 19.9. The number of aryl methyl sites for hydroxylation is 1. The number of nitrogens with one attached hydrogen (secondary N) is 3. The van der Waals surface area contributed by atoms with Crippen LogP contribution >= 0.6 is 11.6 Å². The van der Waals surface area contributed by atoms with Crippen LogP contribution in [0.2, 0.25) is 5.02 Å². The average Bonchev–Trinajstić information content (AvgIpc) is 2.82. The summed E-state index contributed by atoms with van der Waals surface area (Å²) in [6.07, 6.45) is 3.76. The van der Waals surface area contributed by atoms with Gasteiger partial charge in [-0.15, -0.1) is 0 Å². The predicted molar refractivity (Wildman–Crippen MR) is 132 cm³/mol. The number of aromatic nitrogens is 3. The molecule has 0 bridgehead atoms. The molecule has 1 aliphatic heterocycles. The summed E-state index contributed by atoms with van der Waals surface area (Å²) in [4.78, 5) is 18.9. The number of piperidine rings is 1. The molecule has 34 heavy (non-hydrogen) atoms. The highest BCUT2D eigenvalue weighted by molar-refractivity contribution is 6.33. The minimum Gasteiger partial charge on any atom is -0.354 e. The molecule has 0 atom stereocenters. The molecule has 178 valence electrons. The lowest BCUT2D eigenvalue weighted by Gasteiger charge is -2.28. The molecule has 1 aromatic carbocycles. The number of carbonyl (C=O) groups is 1. The van der Waals surface area contributed by atoms with Gasteiger partial charge in [0, 0.05) is 30.1 Å². The maximum absolute atomic E-state index is 13.7. The van der Waals surface area contributed by atoms with E-state index in [1.165, 1.54) is 18.2 Å². The predicted octanol–water partition coefficient (Wildman–Crippen LogP) is 4.85. The van der Waals surface area contributed by atoms with Crippen molar-refractivity contribution in [3.63, 3.8) is 0 Å². The van der Waals surface area contributed by atoms with Crippen molar-refractivity contribution >= 4 is 34.8 Å². The summed E-state index contributed by atoms with van der Waals surface area (Å²) in [5.41, 5.74) is 2.93. The van der Waals surface area contributed by atoms with Crippen molar-refractivity contribution in [3.8, 4) is 11.3 Å². The molecule has 1 saturated heterocycles. The van der Waals surface area contributed by atoms with Crippen LogP contribution in [0.15, 0.2) is 42.6 Å². The molecule has 10 heteroatoms. The van der Waals surface area contributed by atoms with Crippen LogP contribution in [-0.4, -0.2) is 52.8 Å². The van der Waals surface area contributed by atoms with Gasteiger partial charge in [-0.3, -0.25) is 5.32 Å². The monoisotopic (exact) mass is 483 g/mol. The maximum atomic E-state index is 13.7. The maximum Gasteiger partial charge on any atom is 0.320 e. The van der Waals surface area contributed by atoms with Crippen molar-refractivity contribution in [3.05, 3.63) is 59.1 Å². The van der Waals surface area contributed by atoms with Crippen LogP contribution in [0.25, 0.3) is 11.3 Å². The zero-order valence-electron chi connectivity index (χ0n) is 19.1. The number of pyridine rings is 1. The number of likely N-dealkylation sites (tertiary alicyclic amines) is 1. The van der Waals surface area contributed by atoms with E-state index in [-0.39, 0.29) is 6.03 Å². The standard InChI is InChI=1S/C24H27ClFN7O/c1-15-21(13-22(32-31-15)19-11-17(26)3-4-20(19)25)29-18-5-8-27-23(12-18)30-24(34)28-14-16-6-9-33(2)10-7-16/h3-5,8,11-13,16H,6-7,9-10,14H2,1-2H3,(H3,27,28,29,30,32,34). The van der Waals surface area contributed by atoms with Gasteiger partial charge in [-0.05, 0) is 76.2 Å². The minimum atomic E-state index is -0.407. The van der Waals surface area contributed by atoms with Crippen molar-refractivity contribution in [2.45, 2.75) is 19.8 Å². The number of hydrogen-bond donors (Lipinski definition) is 3. The molecule has 3 N–H and O–H groups in total. The van der Waals surface area contributed by atoms with E-state index < -0.39 is 5.82 Å². The Morgan fingerprint density at radius 3 is 2.76 bits per heavy atom.